The summed E-state index contributed by atoms with van der Waals surface area (Å²) in [5.41, 5.74) is 2.51. The van der Waals surface area contributed by atoms with E-state index < -0.39 is 0 Å². The zero-order valence-corrected chi connectivity index (χ0v) is 17.0. The zero-order chi connectivity index (χ0) is 20.1. The van der Waals surface area contributed by atoms with E-state index in [1.54, 1.807) is 19.1 Å². The van der Waals surface area contributed by atoms with Gasteiger partial charge < -0.3 is 15.4 Å². The summed E-state index contributed by atoms with van der Waals surface area (Å²) in [4.78, 5) is 26.1. The van der Waals surface area contributed by atoms with Gasteiger partial charge in [-0.25, -0.2) is 9.18 Å². The molecule has 0 saturated heterocycles. The SMILES string of the molecule is CCOC(=O)c1c(NC(=O)C[NH2+]Cc2ccc(F)cc2)sc2c1CC[C@@H](C)C2. The number of nitrogens with two attached hydrogens (primary N) is 1. The van der Waals surface area contributed by atoms with Crippen LogP contribution in [0.1, 0.15) is 46.6 Å². The van der Waals surface area contributed by atoms with Crippen LogP contribution in [0.2, 0.25) is 0 Å². The molecule has 0 saturated carbocycles. The molecule has 0 radical (unpaired) electrons. The largest absolute Gasteiger partial charge is 0.462 e. The highest BCUT2D eigenvalue weighted by Crippen LogP contribution is 2.40. The summed E-state index contributed by atoms with van der Waals surface area (Å²) in [6.45, 7) is 5.09. The number of carbonyl (C=O) groups is 2. The molecule has 0 fully saturated rings. The van der Waals surface area contributed by atoms with Crippen LogP contribution in [0.3, 0.4) is 0 Å². The minimum atomic E-state index is -0.361. The first-order valence-corrected chi connectivity index (χ1v) is 10.5. The first-order chi connectivity index (χ1) is 13.5. The summed E-state index contributed by atoms with van der Waals surface area (Å²) in [6, 6.07) is 6.23. The number of rotatable bonds is 7. The average molecular weight is 406 g/mol. The molecular weight excluding hydrogens is 379 g/mol. The first-order valence-electron chi connectivity index (χ1n) is 9.65. The Morgan fingerprint density at radius 1 is 1.32 bits per heavy atom. The number of halogens is 1. The van der Waals surface area contributed by atoms with Gasteiger partial charge >= 0.3 is 5.97 Å². The van der Waals surface area contributed by atoms with Crippen LogP contribution in [0.5, 0.6) is 0 Å². The number of ether oxygens (including phenoxy) is 1. The molecule has 0 spiro atoms. The average Bonchev–Trinajstić information content (AvgIpc) is 3.00. The van der Waals surface area contributed by atoms with Crippen LogP contribution in [-0.2, 0) is 28.9 Å². The molecular formula is C21H26FN2O3S+. The molecule has 0 aliphatic heterocycles. The van der Waals surface area contributed by atoms with E-state index in [1.807, 2.05) is 5.32 Å². The lowest BCUT2D eigenvalue weighted by atomic mass is 9.88. The van der Waals surface area contributed by atoms with Crippen molar-refractivity contribution in [3.63, 3.8) is 0 Å². The van der Waals surface area contributed by atoms with Crippen molar-refractivity contribution in [3.8, 4) is 0 Å². The summed E-state index contributed by atoms with van der Waals surface area (Å²) in [5.74, 6) is -0.225. The Bertz CT molecular complexity index is 848. The van der Waals surface area contributed by atoms with E-state index in [0.717, 1.165) is 30.4 Å². The Labute approximate surface area is 168 Å². The standard InChI is InChI=1S/C21H25FN2O3S/c1-3-27-21(26)19-16-9-4-13(2)10-17(16)28-20(19)24-18(25)12-23-11-14-5-7-15(22)8-6-14/h5-8,13,23H,3-4,9-12H2,1-2H3,(H,24,25)/p+1/t13-/m1/s1. The third-order valence-corrected chi connectivity index (χ3v) is 6.04. The second-order valence-corrected chi connectivity index (χ2v) is 8.25. The van der Waals surface area contributed by atoms with Gasteiger partial charge in [0.15, 0.2) is 6.54 Å². The van der Waals surface area contributed by atoms with Gasteiger partial charge in [-0.15, -0.1) is 11.3 Å². The van der Waals surface area contributed by atoms with Crippen LogP contribution in [-0.4, -0.2) is 25.0 Å². The number of nitrogens with one attached hydrogen (secondary N) is 1. The summed E-state index contributed by atoms with van der Waals surface area (Å²) in [6.07, 6.45) is 2.81. The van der Waals surface area contributed by atoms with E-state index in [2.05, 4.69) is 12.2 Å². The molecule has 28 heavy (non-hydrogen) atoms. The van der Waals surface area contributed by atoms with Gasteiger partial charge in [0.1, 0.15) is 17.4 Å². The van der Waals surface area contributed by atoms with E-state index in [9.17, 15) is 14.0 Å². The third-order valence-electron chi connectivity index (χ3n) is 4.87. The molecule has 1 heterocycles. The van der Waals surface area contributed by atoms with E-state index in [4.69, 9.17) is 4.74 Å². The summed E-state index contributed by atoms with van der Waals surface area (Å²) >= 11 is 1.49. The number of thiophene rings is 1. The van der Waals surface area contributed by atoms with Gasteiger partial charge in [-0.2, -0.15) is 0 Å². The molecule has 0 bridgehead atoms. The fourth-order valence-corrected chi connectivity index (χ4v) is 4.84. The molecule has 3 rings (SSSR count). The van der Waals surface area contributed by atoms with Crippen LogP contribution in [0.4, 0.5) is 9.39 Å². The van der Waals surface area contributed by atoms with Crippen molar-refractivity contribution in [2.45, 2.75) is 39.7 Å². The molecule has 3 N–H and O–H groups in total. The highest BCUT2D eigenvalue weighted by molar-refractivity contribution is 7.17. The van der Waals surface area contributed by atoms with Crippen LogP contribution in [0, 0.1) is 11.7 Å². The summed E-state index contributed by atoms with van der Waals surface area (Å²) in [5, 5.41) is 5.35. The van der Waals surface area contributed by atoms with Crippen molar-refractivity contribution in [1.82, 2.24) is 0 Å². The highest BCUT2D eigenvalue weighted by Gasteiger charge is 2.29. The van der Waals surface area contributed by atoms with Gasteiger partial charge in [-0.05, 0) is 49.8 Å². The van der Waals surface area contributed by atoms with E-state index in [1.165, 1.54) is 28.3 Å². The van der Waals surface area contributed by atoms with Crippen molar-refractivity contribution >= 4 is 28.2 Å². The number of amides is 1. The van der Waals surface area contributed by atoms with Gasteiger partial charge in [0, 0.05) is 10.4 Å². The third kappa shape index (κ3) is 4.97. The Morgan fingerprint density at radius 3 is 2.79 bits per heavy atom. The zero-order valence-electron chi connectivity index (χ0n) is 16.2. The monoisotopic (exact) mass is 405 g/mol. The topological polar surface area (TPSA) is 72.0 Å². The van der Waals surface area contributed by atoms with Crippen LogP contribution >= 0.6 is 11.3 Å². The molecule has 1 amide bonds. The van der Waals surface area contributed by atoms with Gasteiger partial charge in [0.2, 0.25) is 0 Å². The van der Waals surface area contributed by atoms with Gasteiger partial charge in [-0.3, -0.25) is 4.79 Å². The lowest BCUT2D eigenvalue weighted by Crippen LogP contribution is -2.84. The molecule has 1 aromatic heterocycles. The summed E-state index contributed by atoms with van der Waals surface area (Å²) in [7, 11) is 0. The lowest BCUT2D eigenvalue weighted by Gasteiger charge is -2.18. The van der Waals surface area contributed by atoms with E-state index >= 15 is 0 Å². The van der Waals surface area contributed by atoms with E-state index in [-0.39, 0.29) is 24.2 Å². The molecule has 7 heteroatoms. The van der Waals surface area contributed by atoms with Crippen molar-refractivity contribution < 1.29 is 24.0 Å². The fraction of sp³-hybridized carbons (Fsp3) is 0.429. The number of fused-ring (bicyclic) bond motifs is 1. The maximum atomic E-state index is 12.9. The molecule has 1 atom stereocenters. The van der Waals surface area contributed by atoms with Crippen LogP contribution < -0.4 is 10.6 Å². The molecule has 0 unspecified atom stereocenters. The number of hydrogen-bond acceptors (Lipinski definition) is 4. The normalized spacial score (nSPS) is 15.8. The van der Waals surface area contributed by atoms with Crippen molar-refractivity contribution in [2.75, 3.05) is 18.5 Å². The maximum absolute atomic E-state index is 12.9. The number of esters is 1. The van der Waals surface area contributed by atoms with Crippen LogP contribution in [0.25, 0.3) is 0 Å². The molecule has 1 aromatic carbocycles. The molecule has 5 nitrogen and oxygen atoms in total. The Morgan fingerprint density at radius 2 is 2.07 bits per heavy atom. The second-order valence-electron chi connectivity index (χ2n) is 7.15. The molecule has 2 aromatic rings. The predicted octanol–water partition coefficient (Wildman–Crippen LogP) is 2.89. The molecule has 1 aliphatic carbocycles. The Balaban J connectivity index is 1.66. The Hall–Kier alpha value is -2.25. The number of anilines is 1. The molecule has 150 valence electrons. The number of benzene rings is 1. The van der Waals surface area contributed by atoms with E-state index in [0.29, 0.717) is 29.6 Å². The number of quaternary nitrogens is 1. The quantitative estimate of drug-likeness (QED) is 0.696. The fourth-order valence-electron chi connectivity index (χ4n) is 3.43. The smallest absolute Gasteiger partial charge is 0.341 e. The second kappa shape index (κ2) is 9.30. The Kier molecular flexibility index (Phi) is 6.80. The van der Waals surface area contributed by atoms with Gasteiger partial charge in [-0.1, -0.05) is 19.1 Å². The van der Waals surface area contributed by atoms with Crippen molar-refractivity contribution in [3.05, 3.63) is 51.7 Å². The van der Waals surface area contributed by atoms with Crippen molar-refractivity contribution in [1.29, 1.82) is 0 Å². The minimum absolute atomic E-state index is 0.167. The first kappa shape index (κ1) is 20.5. The highest BCUT2D eigenvalue weighted by atomic mass is 32.1. The number of hydrogen-bond donors (Lipinski definition) is 2. The van der Waals surface area contributed by atoms with Crippen molar-refractivity contribution in [2.24, 2.45) is 5.92 Å². The molecule has 1 aliphatic rings. The number of carbonyl (C=O) groups excluding carboxylic acids is 2. The maximum Gasteiger partial charge on any atom is 0.341 e. The lowest BCUT2D eigenvalue weighted by molar-refractivity contribution is -0.659. The summed E-state index contributed by atoms with van der Waals surface area (Å²) < 4.78 is 18.2. The predicted molar refractivity (Wildman–Crippen MR) is 107 cm³/mol. The van der Waals surface area contributed by atoms with Gasteiger partial charge in [0.25, 0.3) is 5.91 Å². The van der Waals surface area contributed by atoms with Gasteiger partial charge in [0.05, 0.1) is 12.2 Å². The van der Waals surface area contributed by atoms with Crippen LogP contribution in [0.15, 0.2) is 24.3 Å². The minimum Gasteiger partial charge on any atom is -0.462 e.